The second-order valence-electron chi connectivity index (χ2n) is 2.07. The van der Waals surface area contributed by atoms with Gasteiger partial charge in [-0.2, -0.15) is 0 Å². The minimum atomic E-state index is 1.01. The van der Waals surface area contributed by atoms with Crippen LogP contribution in [0.15, 0.2) is 17.1 Å². The van der Waals surface area contributed by atoms with Crippen molar-refractivity contribution in [2.75, 3.05) is 6.54 Å². The van der Waals surface area contributed by atoms with E-state index in [2.05, 4.69) is 17.1 Å². The summed E-state index contributed by atoms with van der Waals surface area (Å²) in [6, 6.07) is 0. The molecule has 0 unspecified atom stereocenters. The lowest BCUT2D eigenvalue weighted by molar-refractivity contribution is 0.864. The van der Waals surface area contributed by atoms with Gasteiger partial charge in [-0.25, -0.2) is 0 Å². The van der Waals surface area contributed by atoms with E-state index in [9.17, 15) is 0 Å². The predicted molar refractivity (Wildman–Crippen MR) is 36.4 cm³/mol. The molecule has 1 aliphatic heterocycles. The van der Waals surface area contributed by atoms with Gasteiger partial charge in [0.15, 0.2) is 0 Å². The number of nitrogens with zero attached hydrogens (tertiary/aromatic N) is 1. The summed E-state index contributed by atoms with van der Waals surface area (Å²) in [6.45, 7) is 3.06. The Morgan fingerprint density at radius 3 is 3.38 bits per heavy atom. The molecule has 0 spiro atoms. The monoisotopic (exact) mass is 109 g/mol. The van der Waals surface area contributed by atoms with Crippen LogP contribution < -0.4 is 0 Å². The van der Waals surface area contributed by atoms with E-state index in [1.165, 1.54) is 18.6 Å². The first-order valence-corrected chi connectivity index (χ1v) is 3.07. The molecule has 0 saturated carbocycles. The summed E-state index contributed by atoms with van der Waals surface area (Å²) in [5.74, 6) is 0. The van der Waals surface area contributed by atoms with Gasteiger partial charge in [-0.15, -0.1) is 0 Å². The highest BCUT2D eigenvalue weighted by molar-refractivity contribution is 5.92. The maximum absolute atomic E-state index is 4.25. The van der Waals surface area contributed by atoms with Crippen LogP contribution in [0, 0.1) is 0 Å². The zero-order valence-electron chi connectivity index (χ0n) is 5.22. The number of hydrogen-bond donors (Lipinski definition) is 0. The van der Waals surface area contributed by atoms with Gasteiger partial charge in [-0.3, -0.25) is 4.99 Å². The van der Waals surface area contributed by atoms with Gasteiger partial charge < -0.3 is 0 Å². The molecule has 0 bridgehead atoms. The lowest BCUT2D eigenvalue weighted by atomic mass is 10.3. The number of aliphatic imine (C=N–C) groups is 1. The van der Waals surface area contributed by atoms with Crippen LogP contribution in [0.4, 0.5) is 0 Å². The molecule has 44 valence electrons. The zero-order chi connectivity index (χ0) is 5.82. The Hall–Kier alpha value is -0.590. The Morgan fingerprint density at radius 2 is 2.50 bits per heavy atom. The van der Waals surface area contributed by atoms with Crippen LogP contribution in [0.3, 0.4) is 0 Å². The fraction of sp³-hybridized carbons (Fsp3) is 0.571. The van der Waals surface area contributed by atoms with E-state index in [1.54, 1.807) is 0 Å². The van der Waals surface area contributed by atoms with E-state index in [0.29, 0.717) is 0 Å². The average molecular weight is 109 g/mol. The highest BCUT2D eigenvalue weighted by atomic mass is 14.7. The summed E-state index contributed by atoms with van der Waals surface area (Å²) in [5.41, 5.74) is 1.17. The first kappa shape index (κ1) is 5.54. The maximum Gasteiger partial charge on any atom is 0.0395 e. The van der Waals surface area contributed by atoms with Crippen LogP contribution in [0.1, 0.15) is 19.8 Å². The van der Waals surface area contributed by atoms with Gasteiger partial charge in [0.05, 0.1) is 0 Å². The molecular weight excluding hydrogens is 98.1 g/mol. The summed E-state index contributed by atoms with van der Waals surface area (Å²) < 4.78 is 0. The van der Waals surface area contributed by atoms with E-state index < -0.39 is 0 Å². The molecule has 0 N–H and O–H groups in total. The van der Waals surface area contributed by atoms with Crippen molar-refractivity contribution in [3.05, 3.63) is 12.2 Å². The minimum Gasteiger partial charge on any atom is -0.290 e. The van der Waals surface area contributed by atoms with Gasteiger partial charge in [0, 0.05) is 12.3 Å². The number of hydrogen-bond acceptors (Lipinski definition) is 1. The van der Waals surface area contributed by atoms with Gasteiger partial charge in [0.1, 0.15) is 0 Å². The molecule has 0 radical (unpaired) electrons. The molecule has 1 heteroatoms. The Kier molecular flexibility index (Phi) is 1.84. The van der Waals surface area contributed by atoms with Crippen LogP contribution in [-0.2, 0) is 0 Å². The Balaban J connectivity index is 2.55. The molecule has 8 heavy (non-hydrogen) atoms. The predicted octanol–water partition coefficient (Wildman–Crippen LogP) is 1.80. The first-order chi connectivity index (χ1) is 3.89. The van der Waals surface area contributed by atoms with Crippen molar-refractivity contribution >= 4 is 5.71 Å². The molecule has 0 aromatic carbocycles. The van der Waals surface area contributed by atoms with Crippen LogP contribution in [0.2, 0.25) is 0 Å². The van der Waals surface area contributed by atoms with E-state index in [4.69, 9.17) is 0 Å². The van der Waals surface area contributed by atoms with Gasteiger partial charge >= 0.3 is 0 Å². The average Bonchev–Trinajstić information content (AvgIpc) is 1.94. The van der Waals surface area contributed by atoms with E-state index >= 15 is 0 Å². The Morgan fingerprint density at radius 1 is 1.62 bits per heavy atom. The standard InChI is InChI=1S/C7H11N/c1-7-5-3-2-4-6-8-7/h3,5H,2,4,6H2,1H3. The second kappa shape index (κ2) is 2.65. The summed E-state index contributed by atoms with van der Waals surface area (Å²) in [7, 11) is 0. The third-order valence-electron chi connectivity index (χ3n) is 1.25. The summed E-state index contributed by atoms with van der Waals surface area (Å²) in [6.07, 6.45) is 6.69. The Bertz CT molecular complexity index is 122. The van der Waals surface area contributed by atoms with Crippen molar-refractivity contribution in [2.24, 2.45) is 4.99 Å². The van der Waals surface area contributed by atoms with Crippen LogP contribution in [0.25, 0.3) is 0 Å². The van der Waals surface area contributed by atoms with Crippen molar-refractivity contribution < 1.29 is 0 Å². The van der Waals surface area contributed by atoms with Crippen LogP contribution in [-0.4, -0.2) is 12.3 Å². The summed E-state index contributed by atoms with van der Waals surface area (Å²) in [5, 5.41) is 0. The quantitative estimate of drug-likeness (QED) is 0.449. The minimum absolute atomic E-state index is 1.01. The molecule has 0 aromatic heterocycles. The molecular formula is C7H11N. The molecule has 0 aliphatic carbocycles. The van der Waals surface area contributed by atoms with Crippen molar-refractivity contribution in [1.29, 1.82) is 0 Å². The largest absolute Gasteiger partial charge is 0.290 e. The number of rotatable bonds is 0. The summed E-state index contributed by atoms with van der Waals surface area (Å²) in [4.78, 5) is 4.25. The lowest BCUT2D eigenvalue weighted by Crippen LogP contribution is -1.83. The molecule has 0 fully saturated rings. The molecule has 0 aromatic rings. The lowest BCUT2D eigenvalue weighted by Gasteiger charge is -1.85. The topological polar surface area (TPSA) is 12.4 Å². The third-order valence-corrected chi connectivity index (χ3v) is 1.25. The molecule has 0 amide bonds. The molecule has 0 atom stereocenters. The van der Waals surface area contributed by atoms with Crippen LogP contribution in [0.5, 0.6) is 0 Å². The Labute approximate surface area is 50.1 Å². The van der Waals surface area contributed by atoms with Crippen molar-refractivity contribution in [3.63, 3.8) is 0 Å². The van der Waals surface area contributed by atoms with Gasteiger partial charge in [-0.05, 0) is 25.8 Å². The smallest absolute Gasteiger partial charge is 0.0395 e. The normalized spacial score (nSPS) is 19.9. The third kappa shape index (κ3) is 1.49. The fourth-order valence-electron chi connectivity index (χ4n) is 0.771. The fourth-order valence-corrected chi connectivity index (χ4v) is 0.771. The van der Waals surface area contributed by atoms with E-state index in [1.807, 2.05) is 6.92 Å². The highest BCUT2D eigenvalue weighted by Gasteiger charge is 1.88. The van der Waals surface area contributed by atoms with Crippen molar-refractivity contribution in [1.82, 2.24) is 0 Å². The highest BCUT2D eigenvalue weighted by Crippen LogP contribution is 1.97. The maximum atomic E-state index is 4.25. The van der Waals surface area contributed by atoms with Crippen molar-refractivity contribution in [3.8, 4) is 0 Å². The summed E-state index contributed by atoms with van der Waals surface area (Å²) >= 11 is 0. The molecule has 1 nitrogen and oxygen atoms in total. The van der Waals surface area contributed by atoms with E-state index in [-0.39, 0.29) is 0 Å². The second-order valence-corrected chi connectivity index (χ2v) is 2.07. The number of allylic oxidation sites excluding steroid dienone is 2. The van der Waals surface area contributed by atoms with Gasteiger partial charge in [0.25, 0.3) is 0 Å². The van der Waals surface area contributed by atoms with Gasteiger partial charge in [-0.1, -0.05) is 6.08 Å². The molecule has 1 aliphatic rings. The van der Waals surface area contributed by atoms with Crippen LogP contribution >= 0.6 is 0 Å². The molecule has 1 heterocycles. The van der Waals surface area contributed by atoms with Crippen molar-refractivity contribution in [2.45, 2.75) is 19.8 Å². The van der Waals surface area contributed by atoms with E-state index in [0.717, 1.165) is 6.54 Å². The molecule has 0 saturated heterocycles. The molecule has 1 rings (SSSR count). The SMILES string of the molecule is CC1=NCCCC=C1. The first-order valence-electron chi connectivity index (χ1n) is 3.07. The zero-order valence-corrected chi connectivity index (χ0v) is 5.22. The van der Waals surface area contributed by atoms with Gasteiger partial charge in [0.2, 0.25) is 0 Å².